The van der Waals surface area contributed by atoms with E-state index in [1.165, 1.54) is 5.57 Å². The van der Waals surface area contributed by atoms with Crippen LogP contribution in [0.2, 0.25) is 0 Å². The fraction of sp³-hybridized carbons (Fsp3) is 0.308. The third-order valence-electron chi connectivity index (χ3n) is 5.58. The molecule has 0 saturated carbocycles. The van der Waals surface area contributed by atoms with Crippen LogP contribution in [0.25, 0.3) is 22.5 Å². The molecular weight excluding hydrogens is 418 g/mol. The van der Waals surface area contributed by atoms with Gasteiger partial charge in [0.1, 0.15) is 17.2 Å². The zero-order chi connectivity index (χ0) is 23.4. The van der Waals surface area contributed by atoms with Gasteiger partial charge < -0.3 is 24.6 Å². The van der Waals surface area contributed by atoms with E-state index in [1.807, 2.05) is 24.3 Å². The smallest absolute Gasteiger partial charge is 0.226 e. The first kappa shape index (κ1) is 22.6. The van der Waals surface area contributed by atoms with Crippen LogP contribution in [0, 0.1) is 0 Å². The fourth-order valence-electron chi connectivity index (χ4n) is 3.74. The van der Waals surface area contributed by atoms with E-state index in [0.717, 1.165) is 11.1 Å². The van der Waals surface area contributed by atoms with Crippen molar-refractivity contribution in [1.82, 2.24) is 9.97 Å². The molecule has 1 fully saturated rings. The Morgan fingerprint density at radius 2 is 1.73 bits per heavy atom. The first-order valence-electron chi connectivity index (χ1n) is 11.0. The predicted octanol–water partition coefficient (Wildman–Crippen LogP) is 4.58. The number of allylic oxidation sites excluding steroid dienone is 2. The lowest BCUT2D eigenvalue weighted by Gasteiger charge is -2.27. The number of morpholine rings is 1. The molecule has 0 aliphatic carbocycles. The monoisotopic (exact) mass is 447 g/mol. The molecule has 0 radical (unpaired) electrons. The molecule has 2 aromatic carbocycles. The van der Waals surface area contributed by atoms with Crippen LogP contribution < -0.4 is 9.64 Å². The summed E-state index contributed by atoms with van der Waals surface area (Å²) in [5.41, 5.74) is 4.96. The molecule has 0 atom stereocenters. The first-order chi connectivity index (χ1) is 15.9. The highest BCUT2D eigenvalue weighted by atomic mass is 16.5. The average Bonchev–Trinajstić information content (AvgIpc) is 2.83. The number of anilines is 1. The van der Waals surface area contributed by atoms with Crippen LogP contribution >= 0.6 is 0 Å². The molecule has 1 saturated heterocycles. The summed E-state index contributed by atoms with van der Waals surface area (Å²) in [7, 11) is 1.60. The maximum atomic E-state index is 10.9. The summed E-state index contributed by atoms with van der Waals surface area (Å²) in [6.07, 6.45) is 2.81. The maximum Gasteiger partial charge on any atom is 0.226 e. The summed E-state index contributed by atoms with van der Waals surface area (Å²) in [5, 5.41) is 20.6. The Kier molecular flexibility index (Phi) is 6.79. The fourth-order valence-corrected chi connectivity index (χ4v) is 3.74. The molecule has 1 aliphatic rings. The number of ether oxygens (including phenoxy) is 2. The summed E-state index contributed by atoms with van der Waals surface area (Å²) in [5.74, 6) is 1.50. The van der Waals surface area contributed by atoms with Crippen LogP contribution in [-0.2, 0) is 11.2 Å². The Balaban J connectivity index is 1.85. The molecule has 172 valence electrons. The van der Waals surface area contributed by atoms with E-state index in [-0.39, 0.29) is 11.5 Å². The standard InChI is InChI=1S/C26H29N3O4/c1-17(2)4-5-19-14-21(24(31)16-25(19)32-3)23-15-22(18-6-8-20(30)9-7-18)27-26(28-23)29-10-12-33-13-11-29/h4,6-9,14-16,30-31H,5,10-13H2,1-3H3. The van der Waals surface area contributed by atoms with E-state index in [9.17, 15) is 10.2 Å². The lowest BCUT2D eigenvalue weighted by Crippen LogP contribution is -2.37. The molecule has 0 amide bonds. The second-order valence-electron chi connectivity index (χ2n) is 8.25. The van der Waals surface area contributed by atoms with Gasteiger partial charge in [-0.3, -0.25) is 0 Å². The van der Waals surface area contributed by atoms with Crippen molar-refractivity contribution in [3.63, 3.8) is 0 Å². The van der Waals surface area contributed by atoms with Gasteiger partial charge in [-0.15, -0.1) is 0 Å². The number of methoxy groups -OCH3 is 1. The van der Waals surface area contributed by atoms with Gasteiger partial charge in [-0.05, 0) is 62.2 Å². The predicted molar refractivity (Wildman–Crippen MR) is 129 cm³/mol. The highest BCUT2D eigenvalue weighted by Crippen LogP contribution is 2.37. The van der Waals surface area contributed by atoms with Crippen molar-refractivity contribution >= 4 is 5.95 Å². The Hall–Kier alpha value is -3.58. The Bertz CT molecular complexity index is 1150. The van der Waals surface area contributed by atoms with Crippen molar-refractivity contribution < 1.29 is 19.7 Å². The number of aromatic nitrogens is 2. The highest BCUT2D eigenvalue weighted by Gasteiger charge is 2.19. The molecule has 0 bridgehead atoms. The number of hydrogen-bond acceptors (Lipinski definition) is 7. The number of phenolic OH excluding ortho intramolecular Hbond substituents is 2. The van der Waals surface area contributed by atoms with Crippen LogP contribution in [0.5, 0.6) is 17.2 Å². The summed E-state index contributed by atoms with van der Waals surface area (Å²) in [6.45, 7) is 6.72. The van der Waals surface area contributed by atoms with Gasteiger partial charge in [-0.2, -0.15) is 0 Å². The van der Waals surface area contributed by atoms with Crippen molar-refractivity contribution in [3.05, 3.63) is 59.7 Å². The summed E-state index contributed by atoms with van der Waals surface area (Å²) in [6, 6.07) is 12.3. The summed E-state index contributed by atoms with van der Waals surface area (Å²) >= 11 is 0. The molecule has 33 heavy (non-hydrogen) atoms. The van der Waals surface area contributed by atoms with Crippen molar-refractivity contribution in [2.24, 2.45) is 0 Å². The van der Waals surface area contributed by atoms with Gasteiger partial charge in [0, 0.05) is 30.3 Å². The lowest BCUT2D eigenvalue weighted by atomic mass is 10.0. The molecule has 7 nitrogen and oxygen atoms in total. The quantitative estimate of drug-likeness (QED) is 0.535. The third-order valence-corrected chi connectivity index (χ3v) is 5.58. The third kappa shape index (κ3) is 5.26. The highest BCUT2D eigenvalue weighted by molar-refractivity contribution is 5.75. The van der Waals surface area contributed by atoms with Gasteiger partial charge in [0.25, 0.3) is 0 Å². The molecule has 0 spiro atoms. The van der Waals surface area contributed by atoms with Gasteiger partial charge in [-0.1, -0.05) is 11.6 Å². The molecule has 2 N–H and O–H groups in total. The van der Waals surface area contributed by atoms with Crippen LogP contribution in [0.3, 0.4) is 0 Å². The molecule has 1 aliphatic heterocycles. The van der Waals surface area contributed by atoms with Crippen molar-refractivity contribution in [2.75, 3.05) is 38.3 Å². The van der Waals surface area contributed by atoms with Crippen molar-refractivity contribution in [1.29, 1.82) is 0 Å². The van der Waals surface area contributed by atoms with Gasteiger partial charge in [0.2, 0.25) is 5.95 Å². The summed E-state index contributed by atoms with van der Waals surface area (Å²) in [4.78, 5) is 11.7. The molecule has 4 rings (SSSR count). The molecular formula is C26H29N3O4. The van der Waals surface area contributed by atoms with Crippen LogP contribution in [-0.4, -0.2) is 53.6 Å². The number of hydrogen-bond donors (Lipinski definition) is 2. The Labute approximate surface area is 194 Å². The van der Waals surface area contributed by atoms with E-state index >= 15 is 0 Å². The zero-order valence-electron chi connectivity index (χ0n) is 19.2. The molecule has 3 aromatic rings. The zero-order valence-corrected chi connectivity index (χ0v) is 19.2. The van der Waals surface area contributed by atoms with E-state index in [0.29, 0.717) is 61.4 Å². The SMILES string of the molecule is COc1cc(O)c(-c2cc(-c3ccc(O)cc3)nc(N3CCOCC3)n2)cc1CC=C(C)C. The molecule has 1 aromatic heterocycles. The van der Waals surface area contributed by atoms with Crippen LogP contribution in [0.15, 0.2) is 54.1 Å². The average molecular weight is 448 g/mol. The van der Waals surface area contributed by atoms with E-state index in [2.05, 4.69) is 24.8 Å². The minimum atomic E-state index is 0.0936. The largest absolute Gasteiger partial charge is 0.508 e. The van der Waals surface area contributed by atoms with Crippen LogP contribution in [0.1, 0.15) is 19.4 Å². The number of phenols is 2. The summed E-state index contributed by atoms with van der Waals surface area (Å²) < 4.78 is 11.0. The van der Waals surface area contributed by atoms with E-state index in [4.69, 9.17) is 19.4 Å². The molecule has 2 heterocycles. The van der Waals surface area contributed by atoms with Crippen molar-refractivity contribution in [3.8, 4) is 39.8 Å². The number of rotatable bonds is 6. The van der Waals surface area contributed by atoms with Crippen LogP contribution in [0.4, 0.5) is 5.95 Å². The van der Waals surface area contributed by atoms with Gasteiger partial charge in [-0.25, -0.2) is 9.97 Å². The minimum absolute atomic E-state index is 0.0936. The van der Waals surface area contributed by atoms with Gasteiger partial charge in [0.05, 0.1) is 31.7 Å². The number of nitrogens with zero attached hydrogens (tertiary/aromatic N) is 3. The second kappa shape index (κ2) is 9.92. The number of benzene rings is 2. The Morgan fingerprint density at radius 3 is 2.39 bits per heavy atom. The molecule has 0 unspecified atom stereocenters. The Morgan fingerprint density at radius 1 is 1.03 bits per heavy atom. The van der Waals surface area contributed by atoms with Gasteiger partial charge >= 0.3 is 0 Å². The van der Waals surface area contributed by atoms with E-state index in [1.54, 1.807) is 25.3 Å². The first-order valence-corrected chi connectivity index (χ1v) is 11.0. The molecule has 7 heteroatoms. The van der Waals surface area contributed by atoms with E-state index < -0.39 is 0 Å². The van der Waals surface area contributed by atoms with Gasteiger partial charge in [0.15, 0.2) is 0 Å². The second-order valence-corrected chi connectivity index (χ2v) is 8.25. The lowest BCUT2D eigenvalue weighted by molar-refractivity contribution is 0.122. The normalized spacial score (nSPS) is 13.6. The minimum Gasteiger partial charge on any atom is -0.508 e. The maximum absolute atomic E-state index is 10.9. The van der Waals surface area contributed by atoms with Crippen molar-refractivity contribution in [2.45, 2.75) is 20.3 Å². The topological polar surface area (TPSA) is 87.9 Å². The number of aromatic hydroxyl groups is 2.